The third kappa shape index (κ3) is 3.72. The van der Waals surface area contributed by atoms with E-state index in [-0.39, 0.29) is 4.90 Å². The van der Waals surface area contributed by atoms with Crippen molar-refractivity contribution < 1.29 is 8.42 Å². The normalized spacial score (nSPS) is 11.2. The number of aromatic amines is 1. The molecule has 0 aliphatic carbocycles. The SMILES string of the molecule is N#Cc1ccc(Cc2nc3cc(NS(=O)(=O)c4ccccc4)ccc3[nH]2)cc1. The molecule has 1 aromatic heterocycles. The number of H-pyrrole nitrogens is 1. The van der Waals surface area contributed by atoms with E-state index in [9.17, 15) is 8.42 Å². The van der Waals surface area contributed by atoms with Gasteiger partial charge in [-0.1, -0.05) is 30.3 Å². The molecule has 0 aliphatic heterocycles. The summed E-state index contributed by atoms with van der Waals surface area (Å²) in [6, 6.07) is 22.9. The maximum Gasteiger partial charge on any atom is 0.261 e. The second kappa shape index (κ2) is 7.18. The quantitative estimate of drug-likeness (QED) is 0.543. The summed E-state index contributed by atoms with van der Waals surface area (Å²) < 4.78 is 27.5. The average Bonchev–Trinajstić information content (AvgIpc) is 3.10. The van der Waals surface area contributed by atoms with Gasteiger partial charge in [-0.15, -0.1) is 0 Å². The molecule has 1 heterocycles. The van der Waals surface area contributed by atoms with Crippen molar-refractivity contribution in [3.8, 4) is 6.07 Å². The average molecular weight is 388 g/mol. The van der Waals surface area contributed by atoms with Crippen molar-refractivity contribution >= 4 is 26.7 Å². The molecule has 0 bridgehead atoms. The summed E-state index contributed by atoms with van der Waals surface area (Å²) in [6.45, 7) is 0. The summed E-state index contributed by atoms with van der Waals surface area (Å²) in [5, 5.41) is 8.88. The Hall–Kier alpha value is -3.63. The van der Waals surface area contributed by atoms with Crippen LogP contribution in [0.5, 0.6) is 0 Å². The molecule has 2 N–H and O–H groups in total. The van der Waals surface area contributed by atoms with Crippen molar-refractivity contribution in [2.45, 2.75) is 11.3 Å². The minimum Gasteiger partial charge on any atom is -0.342 e. The molecule has 0 radical (unpaired) electrons. The van der Waals surface area contributed by atoms with E-state index in [1.807, 2.05) is 12.1 Å². The number of nitriles is 1. The lowest BCUT2D eigenvalue weighted by Crippen LogP contribution is -2.12. The van der Waals surface area contributed by atoms with E-state index in [0.29, 0.717) is 23.2 Å². The van der Waals surface area contributed by atoms with Gasteiger partial charge in [0, 0.05) is 6.42 Å². The van der Waals surface area contributed by atoms with Crippen LogP contribution in [0.4, 0.5) is 5.69 Å². The van der Waals surface area contributed by atoms with Gasteiger partial charge < -0.3 is 4.98 Å². The molecule has 138 valence electrons. The molecule has 0 atom stereocenters. The molecule has 0 fully saturated rings. The summed E-state index contributed by atoms with van der Waals surface area (Å²) in [5.41, 5.74) is 3.60. The highest BCUT2D eigenvalue weighted by atomic mass is 32.2. The molecular formula is C21H16N4O2S. The molecule has 0 spiro atoms. The predicted molar refractivity (Wildman–Crippen MR) is 107 cm³/mol. The molecule has 0 amide bonds. The Bertz CT molecular complexity index is 1270. The maximum absolute atomic E-state index is 12.5. The fourth-order valence-electron chi connectivity index (χ4n) is 2.91. The lowest BCUT2D eigenvalue weighted by molar-refractivity contribution is 0.601. The Morgan fingerprint density at radius 1 is 1.00 bits per heavy atom. The Balaban J connectivity index is 1.57. The van der Waals surface area contributed by atoms with Gasteiger partial charge in [0.25, 0.3) is 10.0 Å². The van der Waals surface area contributed by atoms with Crippen LogP contribution < -0.4 is 4.72 Å². The van der Waals surface area contributed by atoms with Crippen molar-refractivity contribution in [2.75, 3.05) is 4.72 Å². The number of nitrogens with zero attached hydrogens (tertiary/aromatic N) is 2. The first-order valence-corrected chi connectivity index (χ1v) is 10.1. The first-order valence-electron chi connectivity index (χ1n) is 8.59. The Labute approximate surface area is 162 Å². The fraction of sp³-hybridized carbons (Fsp3) is 0.0476. The Kier molecular flexibility index (Phi) is 4.55. The largest absolute Gasteiger partial charge is 0.342 e. The van der Waals surface area contributed by atoms with Gasteiger partial charge in [0.1, 0.15) is 5.82 Å². The summed E-state index contributed by atoms with van der Waals surface area (Å²) in [5.74, 6) is 0.766. The van der Waals surface area contributed by atoms with Gasteiger partial charge in [0.15, 0.2) is 0 Å². The number of fused-ring (bicyclic) bond motifs is 1. The standard InChI is InChI=1S/C21H16N4O2S/c22-14-16-8-6-15(7-9-16)12-21-23-19-11-10-17(13-20(19)24-21)25-28(26,27)18-4-2-1-3-5-18/h1-11,13,25H,12H2,(H,23,24). The number of benzene rings is 3. The van der Waals surface area contributed by atoms with E-state index >= 15 is 0 Å². The van der Waals surface area contributed by atoms with Gasteiger partial charge in [-0.25, -0.2) is 13.4 Å². The number of hydrogen-bond donors (Lipinski definition) is 2. The Morgan fingerprint density at radius 2 is 1.75 bits per heavy atom. The topological polar surface area (TPSA) is 98.6 Å². The van der Waals surface area contributed by atoms with E-state index < -0.39 is 10.0 Å². The monoisotopic (exact) mass is 388 g/mol. The molecule has 4 rings (SSSR count). The molecule has 0 unspecified atom stereocenters. The van der Waals surface area contributed by atoms with E-state index in [4.69, 9.17) is 5.26 Å². The zero-order chi connectivity index (χ0) is 19.6. The number of aromatic nitrogens is 2. The van der Waals surface area contributed by atoms with E-state index in [1.54, 1.807) is 60.7 Å². The van der Waals surface area contributed by atoms with Crippen LogP contribution in [0.25, 0.3) is 11.0 Å². The van der Waals surface area contributed by atoms with Gasteiger partial charge in [-0.3, -0.25) is 4.72 Å². The molecule has 0 saturated heterocycles. The molecule has 0 saturated carbocycles. The van der Waals surface area contributed by atoms with Crippen LogP contribution in [0.1, 0.15) is 17.0 Å². The zero-order valence-corrected chi connectivity index (χ0v) is 15.6. The van der Waals surface area contributed by atoms with Crippen molar-refractivity contribution in [2.24, 2.45) is 0 Å². The Morgan fingerprint density at radius 3 is 2.46 bits per heavy atom. The third-order valence-electron chi connectivity index (χ3n) is 4.29. The fourth-order valence-corrected chi connectivity index (χ4v) is 3.98. The predicted octanol–water partition coefficient (Wildman–Crippen LogP) is 3.83. The number of hydrogen-bond acceptors (Lipinski definition) is 4. The molecule has 4 aromatic rings. The van der Waals surface area contributed by atoms with Crippen LogP contribution in [-0.4, -0.2) is 18.4 Å². The van der Waals surface area contributed by atoms with Gasteiger partial charge in [-0.05, 0) is 48.0 Å². The van der Waals surface area contributed by atoms with Crippen molar-refractivity contribution in [3.63, 3.8) is 0 Å². The maximum atomic E-state index is 12.5. The molecule has 6 nitrogen and oxygen atoms in total. The third-order valence-corrected chi connectivity index (χ3v) is 5.69. The van der Waals surface area contributed by atoms with E-state index in [1.165, 1.54) is 0 Å². The molecule has 28 heavy (non-hydrogen) atoms. The van der Waals surface area contributed by atoms with Crippen LogP contribution in [0.15, 0.2) is 77.7 Å². The number of nitrogens with one attached hydrogen (secondary N) is 2. The second-order valence-electron chi connectivity index (χ2n) is 6.32. The lowest BCUT2D eigenvalue weighted by Gasteiger charge is -2.07. The van der Waals surface area contributed by atoms with Crippen LogP contribution in [0, 0.1) is 11.3 Å². The number of sulfonamides is 1. The van der Waals surface area contributed by atoms with Crippen LogP contribution in [-0.2, 0) is 16.4 Å². The van der Waals surface area contributed by atoms with Crippen molar-refractivity contribution in [1.29, 1.82) is 5.26 Å². The van der Waals surface area contributed by atoms with E-state index in [0.717, 1.165) is 16.9 Å². The van der Waals surface area contributed by atoms with Crippen molar-refractivity contribution in [1.82, 2.24) is 9.97 Å². The molecule has 3 aromatic carbocycles. The summed E-state index contributed by atoms with van der Waals surface area (Å²) >= 11 is 0. The number of imidazole rings is 1. The summed E-state index contributed by atoms with van der Waals surface area (Å²) in [4.78, 5) is 8.01. The van der Waals surface area contributed by atoms with Gasteiger partial charge >= 0.3 is 0 Å². The summed E-state index contributed by atoms with van der Waals surface area (Å²) in [7, 11) is -3.64. The van der Waals surface area contributed by atoms with Crippen molar-refractivity contribution in [3.05, 3.63) is 89.7 Å². The lowest BCUT2D eigenvalue weighted by atomic mass is 10.1. The second-order valence-corrected chi connectivity index (χ2v) is 8.00. The highest BCUT2D eigenvalue weighted by molar-refractivity contribution is 7.92. The zero-order valence-electron chi connectivity index (χ0n) is 14.8. The number of rotatable bonds is 5. The van der Waals surface area contributed by atoms with Crippen LogP contribution in [0.2, 0.25) is 0 Å². The summed E-state index contributed by atoms with van der Waals surface area (Å²) in [6.07, 6.45) is 0.589. The molecule has 7 heteroatoms. The first-order chi connectivity index (χ1) is 13.5. The highest BCUT2D eigenvalue weighted by Crippen LogP contribution is 2.21. The molecular weight excluding hydrogens is 372 g/mol. The minimum absolute atomic E-state index is 0.207. The van der Waals surface area contributed by atoms with Gasteiger partial charge in [-0.2, -0.15) is 5.26 Å². The van der Waals surface area contributed by atoms with Gasteiger partial charge in [0.2, 0.25) is 0 Å². The first kappa shape index (κ1) is 17.8. The van der Waals surface area contributed by atoms with Gasteiger partial charge in [0.05, 0.1) is 33.2 Å². The number of anilines is 1. The minimum atomic E-state index is -3.64. The van der Waals surface area contributed by atoms with E-state index in [2.05, 4.69) is 20.8 Å². The molecule has 0 aliphatic rings. The highest BCUT2D eigenvalue weighted by Gasteiger charge is 2.14. The smallest absolute Gasteiger partial charge is 0.261 e. The van der Waals surface area contributed by atoms with Crippen LogP contribution >= 0.6 is 0 Å². The van der Waals surface area contributed by atoms with Crippen LogP contribution in [0.3, 0.4) is 0 Å².